The number of oxime groups is 1. The summed E-state index contributed by atoms with van der Waals surface area (Å²) >= 11 is 2.03. The summed E-state index contributed by atoms with van der Waals surface area (Å²) in [6.45, 7) is 4.84. The maximum atomic E-state index is 4.94. The van der Waals surface area contributed by atoms with Crippen molar-refractivity contribution >= 4 is 23.7 Å². The zero-order valence-electron chi connectivity index (χ0n) is 10.1. The normalized spacial score (nSPS) is 16.4. The van der Waals surface area contributed by atoms with Gasteiger partial charge in [0, 0.05) is 30.3 Å². The first-order chi connectivity index (χ1) is 8.40. The van der Waals surface area contributed by atoms with Crippen LogP contribution >= 0.6 is 11.8 Å². The van der Waals surface area contributed by atoms with Crippen LogP contribution in [0.2, 0.25) is 0 Å². The molecule has 4 heteroatoms. The monoisotopic (exact) mass is 250 g/mol. The molecule has 0 spiro atoms. The Hall–Kier alpha value is -1.16. The van der Waals surface area contributed by atoms with E-state index in [9.17, 15) is 0 Å². The lowest BCUT2D eigenvalue weighted by molar-refractivity contribution is 0.160. The van der Waals surface area contributed by atoms with Crippen molar-refractivity contribution in [3.05, 3.63) is 29.8 Å². The third-order valence-electron chi connectivity index (χ3n) is 2.67. The van der Waals surface area contributed by atoms with E-state index < -0.39 is 0 Å². The van der Waals surface area contributed by atoms with Crippen LogP contribution in [0, 0.1) is 0 Å². The van der Waals surface area contributed by atoms with Gasteiger partial charge in [-0.15, -0.1) is 0 Å². The van der Waals surface area contributed by atoms with Crippen LogP contribution in [0.1, 0.15) is 12.5 Å². The fourth-order valence-electron chi connectivity index (χ4n) is 1.77. The highest BCUT2D eigenvalue weighted by molar-refractivity contribution is 7.99. The molecule has 0 unspecified atom stereocenters. The Bertz CT molecular complexity index is 358. The average molecular weight is 250 g/mol. The van der Waals surface area contributed by atoms with Gasteiger partial charge >= 0.3 is 0 Å². The first-order valence-corrected chi connectivity index (χ1v) is 7.13. The highest BCUT2D eigenvalue weighted by Gasteiger charge is 2.10. The van der Waals surface area contributed by atoms with Gasteiger partial charge in [0.15, 0.2) is 0 Å². The van der Waals surface area contributed by atoms with E-state index >= 15 is 0 Å². The number of thioether (sulfide) groups is 1. The van der Waals surface area contributed by atoms with Gasteiger partial charge in [-0.25, -0.2) is 0 Å². The summed E-state index contributed by atoms with van der Waals surface area (Å²) < 4.78 is 0. The van der Waals surface area contributed by atoms with Gasteiger partial charge in [-0.1, -0.05) is 17.3 Å². The van der Waals surface area contributed by atoms with Crippen molar-refractivity contribution in [3.8, 4) is 0 Å². The summed E-state index contributed by atoms with van der Waals surface area (Å²) in [5, 5.41) is 3.86. The van der Waals surface area contributed by atoms with Crippen molar-refractivity contribution in [2.75, 3.05) is 36.1 Å². The smallest absolute Gasteiger partial charge is 0.114 e. The van der Waals surface area contributed by atoms with E-state index in [-0.39, 0.29) is 0 Å². The van der Waals surface area contributed by atoms with Crippen molar-refractivity contribution in [3.63, 3.8) is 0 Å². The number of benzene rings is 1. The Morgan fingerprint density at radius 1 is 1.29 bits per heavy atom. The molecule has 0 bridgehead atoms. The highest BCUT2D eigenvalue weighted by atomic mass is 32.2. The molecule has 17 heavy (non-hydrogen) atoms. The number of anilines is 1. The summed E-state index contributed by atoms with van der Waals surface area (Å²) in [6.07, 6.45) is 1.75. The quantitative estimate of drug-likeness (QED) is 0.606. The van der Waals surface area contributed by atoms with Gasteiger partial charge in [0.25, 0.3) is 0 Å². The number of hydrogen-bond acceptors (Lipinski definition) is 4. The van der Waals surface area contributed by atoms with E-state index in [1.807, 2.05) is 18.7 Å². The third kappa shape index (κ3) is 3.66. The molecular weight excluding hydrogens is 232 g/mol. The van der Waals surface area contributed by atoms with Gasteiger partial charge < -0.3 is 9.74 Å². The van der Waals surface area contributed by atoms with Crippen LogP contribution in [0.25, 0.3) is 0 Å². The van der Waals surface area contributed by atoms with Gasteiger partial charge in [0.1, 0.15) is 6.61 Å². The lowest BCUT2D eigenvalue weighted by Crippen LogP contribution is -2.32. The van der Waals surface area contributed by atoms with Crippen LogP contribution in [0.4, 0.5) is 5.69 Å². The Kier molecular flexibility index (Phi) is 4.74. The predicted molar refractivity (Wildman–Crippen MR) is 75.2 cm³/mol. The summed E-state index contributed by atoms with van der Waals surface area (Å²) in [7, 11) is 0. The molecule has 0 N–H and O–H groups in total. The van der Waals surface area contributed by atoms with Crippen molar-refractivity contribution in [1.82, 2.24) is 0 Å². The molecule has 0 aliphatic carbocycles. The van der Waals surface area contributed by atoms with E-state index in [1.165, 1.54) is 17.2 Å². The minimum Gasteiger partial charge on any atom is -0.396 e. The first kappa shape index (κ1) is 12.3. The molecule has 1 saturated heterocycles. The molecule has 0 saturated carbocycles. The largest absolute Gasteiger partial charge is 0.396 e. The zero-order valence-corrected chi connectivity index (χ0v) is 10.9. The highest BCUT2D eigenvalue weighted by Crippen LogP contribution is 2.19. The van der Waals surface area contributed by atoms with Gasteiger partial charge in [-0.3, -0.25) is 0 Å². The predicted octanol–water partition coefficient (Wildman–Crippen LogP) is 2.61. The van der Waals surface area contributed by atoms with Crippen molar-refractivity contribution in [2.45, 2.75) is 6.92 Å². The molecule has 1 fully saturated rings. The molecule has 0 amide bonds. The lowest BCUT2D eigenvalue weighted by atomic mass is 10.2. The van der Waals surface area contributed by atoms with E-state index in [0.717, 1.165) is 18.7 Å². The second kappa shape index (κ2) is 6.55. The molecule has 1 aromatic rings. The number of hydrogen-bond donors (Lipinski definition) is 0. The second-order valence-corrected chi connectivity index (χ2v) is 5.07. The van der Waals surface area contributed by atoms with Crippen molar-refractivity contribution in [2.24, 2.45) is 5.16 Å². The summed E-state index contributed by atoms with van der Waals surface area (Å²) in [5.74, 6) is 2.46. The molecular formula is C13H18N2OS. The third-order valence-corrected chi connectivity index (χ3v) is 3.62. The topological polar surface area (TPSA) is 24.8 Å². The van der Waals surface area contributed by atoms with Crippen LogP contribution in [0.15, 0.2) is 29.4 Å². The lowest BCUT2D eigenvalue weighted by Gasteiger charge is -2.28. The first-order valence-electron chi connectivity index (χ1n) is 5.98. The molecule has 3 nitrogen and oxygen atoms in total. The standard InChI is InChI=1S/C13H18N2OS/c1-2-16-14-11-12-3-5-13(6-4-12)15-7-9-17-10-8-15/h3-6,11H,2,7-10H2,1H3. The molecule has 0 radical (unpaired) electrons. The Morgan fingerprint density at radius 3 is 2.65 bits per heavy atom. The Morgan fingerprint density at radius 2 is 2.00 bits per heavy atom. The molecule has 1 heterocycles. The van der Waals surface area contributed by atoms with Gasteiger partial charge in [0.2, 0.25) is 0 Å². The maximum absolute atomic E-state index is 4.94. The second-order valence-electron chi connectivity index (χ2n) is 3.84. The van der Waals surface area contributed by atoms with Crippen LogP contribution in [-0.2, 0) is 4.84 Å². The van der Waals surface area contributed by atoms with E-state index in [0.29, 0.717) is 6.61 Å². The van der Waals surface area contributed by atoms with Crippen LogP contribution < -0.4 is 4.90 Å². The fourth-order valence-corrected chi connectivity index (χ4v) is 2.67. The molecule has 0 atom stereocenters. The van der Waals surface area contributed by atoms with Gasteiger partial charge in [-0.2, -0.15) is 11.8 Å². The SMILES string of the molecule is CCON=Cc1ccc(N2CCSCC2)cc1. The molecule has 1 aromatic carbocycles. The molecule has 1 aliphatic rings. The zero-order chi connectivity index (χ0) is 11.9. The molecule has 92 valence electrons. The van der Waals surface area contributed by atoms with Crippen LogP contribution in [0.5, 0.6) is 0 Å². The number of nitrogens with zero attached hydrogens (tertiary/aromatic N) is 2. The average Bonchev–Trinajstić information content (AvgIpc) is 2.41. The van der Waals surface area contributed by atoms with E-state index in [2.05, 4.69) is 34.3 Å². The van der Waals surface area contributed by atoms with Crippen LogP contribution in [-0.4, -0.2) is 37.4 Å². The molecule has 1 aliphatic heterocycles. The van der Waals surface area contributed by atoms with Crippen molar-refractivity contribution in [1.29, 1.82) is 0 Å². The Labute approximate surface area is 107 Å². The van der Waals surface area contributed by atoms with Crippen LogP contribution in [0.3, 0.4) is 0 Å². The minimum atomic E-state index is 0.611. The summed E-state index contributed by atoms with van der Waals surface area (Å²) in [6, 6.07) is 8.48. The van der Waals surface area contributed by atoms with Gasteiger partial charge in [0.05, 0.1) is 6.21 Å². The molecule has 2 rings (SSSR count). The fraction of sp³-hybridized carbons (Fsp3) is 0.462. The van der Waals surface area contributed by atoms with Gasteiger partial charge in [-0.05, 0) is 24.6 Å². The minimum absolute atomic E-state index is 0.611. The Balaban J connectivity index is 1.97. The number of rotatable bonds is 4. The van der Waals surface area contributed by atoms with Crippen molar-refractivity contribution < 1.29 is 4.84 Å². The molecule has 0 aromatic heterocycles. The summed E-state index contributed by atoms with van der Waals surface area (Å²) in [4.78, 5) is 7.37. The maximum Gasteiger partial charge on any atom is 0.114 e. The van der Waals surface area contributed by atoms with E-state index in [1.54, 1.807) is 6.21 Å². The van der Waals surface area contributed by atoms with E-state index in [4.69, 9.17) is 4.84 Å². The summed E-state index contributed by atoms with van der Waals surface area (Å²) in [5.41, 5.74) is 2.38.